The van der Waals surface area contributed by atoms with E-state index < -0.39 is 35.6 Å². The lowest BCUT2D eigenvalue weighted by Gasteiger charge is -2.35. The van der Waals surface area contributed by atoms with E-state index in [-0.39, 0.29) is 31.7 Å². The van der Waals surface area contributed by atoms with Crippen LogP contribution in [0.5, 0.6) is 0 Å². The highest BCUT2D eigenvalue weighted by atomic mass is 16.6. The molecule has 1 N–H and O–H groups in total. The number of aromatic nitrogens is 3. The Balaban J connectivity index is 1.35. The first kappa shape index (κ1) is 25.7. The molecule has 206 valence electrons. The molecule has 4 aliphatic rings. The van der Waals surface area contributed by atoms with Crippen molar-refractivity contribution in [3.63, 3.8) is 0 Å². The first-order valence-electron chi connectivity index (χ1n) is 13.7. The van der Waals surface area contributed by atoms with Crippen LogP contribution in [0.4, 0.5) is 0 Å². The molecule has 5 atom stereocenters. The molecule has 0 bridgehead atoms. The molecule has 2 fully saturated rings. The van der Waals surface area contributed by atoms with Crippen LogP contribution in [-0.2, 0) is 30.5 Å². The van der Waals surface area contributed by atoms with Gasteiger partial charge in [0.05, 0.1) is 24.1 Å². The fourth-order valence-electron chi connectivity index (χ4n) is 6.45. The van der Waals surface area contributed by atoms with Crippen LogP contribution in [0.1, 0.15) is 32.1 Å². The second kappa shape index (κ2) is 10.5. The number of nitrogens with zero attached hydrogens (tertiary/aromatic N) is 5. The normalized spacial score (nSPS) is 30.1. The third kappa shape index (κ3) is 4.33. The molecule has 0 radical (unpaired) electrons. The second-order valence-corrected chi connectivity index (χ2v) is 10.6. The predicted molar refractivity (Wildman–Crippen MR) is 139 cm³/mol. The summed E-state index contributed by atoms with van der Waals surface area (Å²) in [5.74, 6) is -2.64. The summed E-state index contributed by atoms with van der Waals surface area (Å²) in [6.07, 6.45) is 10.4. The lowest BCUT2D eigenvalue weighted by atomic mass is 9.78. The molecule has 0 aliphatic carbocycles. The molecule has 1 aromatic heterocycles. The van der Waals surface area contributed by atoms with E-state index in [1.54, 1.807) is 14.5 Å². The summed E-state index contributed by atoms with van der Waals surface area (Å²) in [5, 5.41) is 17.6. The predicted octanol–water partition coefficient (Wildman–Crippen LogP) is 1.42. The van der Waals surface area contributed by atoms with Crippen LogP contribution in [0.15, 0.2) is 48.6 Å². The molecule has 5 heterocycles. The van der Waals surface area contributed by atoms with E-state index in [1.165, 1.54) is 0 Å². The van der Waals surface area contributed by atoms with Gasteiger partial charge in [-0.15, -0.1) is 5.10 Å². The van der Waals surface area contributed by atoms with Crippen LogP contribution in [0.3, 0.4) is 0 Å². The number of esters is 1. The van der Waals surface area contributed by atoms with Gasteiger partial charge in [-0.3, -0.25) is 14.4 Å². The Labute approximate surface area is 226 Å². The largest absolute Gasteiger partial charge is 0.465 e. The zero-order valence-corrected chi connectivity index (χ0v) is 21.7. The summed E-state index contributed by atoms with van der Waals surface area (Å²) in [5.41, 5.74) is 0.257. The molecule has 11 nitrogen and oxygen atoms in total. The summed E-state index contributed by atoms with van der Waals surface area (Å²) in [6, 6.07) is 6.62. The summed E-state index contributed by atoms with van der Waals surface area (Å²) in [4.78, 5) is 44.8. The van der Waals surface area contributed by atoms with Crippen LogP contribution in [0, 0.1) is 11.8 Å². The number of fused-ring (bicyclic) bond motifs is 3. The molecule has 2 saturated heterocycles. The molecule has 1 spiro atoms. The van der Waals surface area contributed by atoms with Crippen molar-refractivity contribution in [2.45, 2.75) is 56.5 Å². The molecule has 0 saturated carbocycles. The maximum absolute atomic E-state index is 14.3. The molecular formula is C28H33N5O6. The third-order valence-corrected chi connectivity index (χ3v) is 8.24. The maximum Gasteiger partial charge on any atom is 0.312 e. The minimum Gasteiger partial charge on any atom is -0.465 e. The second-order valence-electron chi connectivity index (χ2n) is 10.6. The van der Waals surface area contributed by atoms with Gasteiger partial charge in [-0.05, 0) is 31.4 Å². The number of ether oxygens (including phenoxy) is 2. The highest BCUT2D eigenvalue weighted by Crippen LogP contribution is 2.53. The Morgan fingerprint density at radius 1 is 1.05 bits per heavy atom. The maximum atomic E-state index is 14.3. The lowest BCUT2D eigenvalue weighted by Crippen LogP contribution is -2.55. The average Bonchev–Trinajstić information content (AvgIpc) is 3.51. The van der Waals surface area contributed by atoms with Gasteiger partial charge in [0, 0.05) is 19.7 Å². The summed E-state index contributed by atoms with van der Waals surface area (Å²) >= 11 is 0. The number of aliphatic hydroxyl groups excluding tert-OH is 1. The fourth-order valence-corrected chi connectivity index (χ4v) is 6.45. The third-order valence-electron chi connectivity index (χ3n) is 8.24. The lowest BCUT2D eigenvalue weighted by molar-refractivity contribution is -0.155. The summed E-state index contributed by atoms with van der Waals surface area (Å²) in [6.45, 7) is 1.19. The van der Waals surface area contributed by atoms with Crippen molar-refractivity contribution in [2.24, 2.45) is 11.8 Å². The number of hydrogen-bond donors (Lipinski definition) is 1. The van der Waals surface area contributed by atoms with Gasteiger partial charge in [0.2, 0.25) is 5.91 Å². The zero-order chi connectivity index (χ0) is 27.0. The molecule has 1 aromatic carbocycles. The number of aliphatic hydroxyl groups is 1. The number of carbonyl (C=O) groups excluding carboxylic acids is 3. The topological polar surface area (TPSA) is 127 Å². The average molecular weight is 536 g/mol. The molecule has 11 heteroatoms. The molecule has 1 unspecified atom stereocenters. The van der Waals surface area contributed by atoms with Gasteiger partial charge in [0.15, 0.2) is 0 Å². The molecular weight excluding hydrogens is 502 g/mol. The van der Waals surface area contributed by atoms with Crippen LogP contribution in [0.25, 0.3) is 11.0 Å². The van der Waals surface area contributed by atoms with E-state index in [2.05, 4.69) is 10.3 Å². The smallest absolute Gasteiger partial charge is 0.312 e. The van der Waals surface area contributed by atoms with Crippen LogP contribution in [0.2, 0.25) is 0 Å². The molecule has 39 heavy (non-hydrogen) atoms. The number of para-hydroxylation sites is 1. The Bertz CT molecular complexity index is 1320. The van der Waals surface area contributed by atoms with Crippen LogP contribution < -0.4 is 0 Å². The number of rotatable bonds is 8. The van der Waals surface area contributed by atoms with Gasteiger partial charge < -0.3 is 24.4 Å². The van der Waals surface area contributed by atoms with E-state index in [9.17, 15) is 14.4 Å². The Morgan fingerprint density at radius 2 is 1.90 bits per heavy atom. The number of amides is 2. The zero-order valence-electron chi connectivity index (χ0n) is 21.7. The van der Waals surface area contributed by atoms with Crippen LogP contribution >= 0.6 is 0 Å². The number of benzene rings is 1. The highest BCUT2D eigenvalue weighted by molar-refractivity contribution is 5.99. The number of unbranched alkanes of at least 4 members (excludes halogenated alkanes) is 3. The van der Waals surface area contributed by atoms with Gasteiger partial charge in [-0.25, -0.2) is 4.68 Å². The van der Waals surface area contributed by atoms with Gasteiger partial charge in [0.1, 0.15) is 29.7 Å². The van der Waals surface area contributed by atoms with E-state index in [0.717, 1.165) is 23.9 Å². The first-order chi connectivity index (χ1) is 19.0. The molecule has 4 aliphatic heterocycles. The minimum absolute atomic E-state index is 0.123. The van der Waals surface area contributed by atoms with Crippen LogP contribution in [-0.4, -0.2) is 91.7 Å². The SMILES string of the molecule is O=C1OCCC=C[C@@H]2O[C@]34C=CCN(Cn5nnc6ccccc65)C(=O)C3N(CCCCCCO)C(=O)[C@@H]4[C@H]12. The van der Waals surface area contributed by atoms with Crippen molar-refractivity contribution < 1.29 is 29.0 Å². The molecule has 2 aromatic rings. The van der Waals surface area contributed by atoms with Gasteiger partial charge >= 0.3 is 5.97 Å². The highest BCUT2D eigenvalue weighted by Gasteiger charge is 2.71. The van der Waals surface area contributed by atoms with Crippen molar-refractivity contribution in [3.05, 3.63) is 48.6 Å². The van der Waals surface area contributed by atoms with Gasteiger partial charge in [0.25, 0.3) is 5.91 Å². The minimum atomic E-state index is -1.28. The number of likely N-dealkylation sites (tertiary alicyclic amines) is 1. The summed E-state index contributed by atoms with van der Waals surface area (Å²) in [7, 11) is 0. The van der Waals surface area contributed by atoms with Crippen molar-refractivity contribution >= 4 is 28.8 Å². The molecule has 2 amide bonds. The fraction of sp³-hybridized carbons (Fsp3) is 0.536. The Kier molecular flexibility index (Phi) is 6.94. The van der Waals surface area contributed by atoms with E-state index >= 15 is 0 Å². The molecule has 6 rings (SSSR count). The Morgan fingerprint density at radius 3 is 2.77 bits per heavy atom. The van der Waals surface area contributed by atoms with Crippen molar-refractivity contribution in [1.29, 1.82) is 0 Å². The number of cyclic esters (lactones) is 1. The number of carbonyl (C=O) groups is 3. The van der Waals surface area contributed by atoms with Crippen molar-refractivity contribution in [1.82, 2.24) is 24.8 Å². The van der Waals surface area contributed by atoms with Crippen molar-refractivity contribution in [3.8, 4) is 0 Å². The van der Waals surface area contributed by atoms with E-state index in [4.69, 9.17) is 14.6 Å². The van der Waals surface area contributed by atoms with Gasteiger partial charge in [-0.1, -0.05) is 54.5 Å². The van der Waals surface area contributed by atoms with Crippen molar-refractivity contribution in [2.75, 3.05) is 26.3 Å². The first-order valence-corrected chi connectivity index (χ1v) is 13.7. The van der Waals surface area contributed by atoms with E-state index in [0.29, 0.717) is 32.4 Å². The summed E-state index contributed by atoms with van der Waals surface area (Å²) < 4.78 is 13.7. The monoisotopic (exact) mass is 535 g/mol. The standard InChI is InChI=1S/C28H33N5O6/c34-16-7-2-1-6-15-32-24-26(36)31(18-33-20-11-4-3-10-19(20)29-30-33)14-9-13-28(24)23(25(32)35)22-21(39-28)12-5-8-17-38-27(22)37/h3-5,9-13,21-24,34H,1-2,6-8,14-18H2/t21-,22+,23-,24?,28-/m0/s1. The number of hydrogen-bond acceptors (Lipinski definition) is 8. The van der Waals surface area contributed by atoms with Gasteiger partial charge in [-0.2, -0.15) is 0 Å². The quantitative estimate of drug-likeness (QED) is 0.306. The Hall–Kier alpha value is -3.57. The van der Waals surface area contributed by atoms with E-state index in [1.807, 2.05) is 48.6 Å².